The van der Waals surface area contributed by atoms with Crippen LogP contribution in [0.2, 0.25) is 0 Å². The zero-order valence-electron chi connectivity index (χ0n) is 14.1. The van der Waals surface area contributed by atoms with Gasteiger partial charge in [0.2, 0.25) is 5.95 Å². The highest BCUT2D eigenvalue weighted by Crippen LogP contribution is 2.23. The molecule has 2 heterocycles. The van der Waals surface area contributed by atoms with Crippen LogP contribution in [-0.4, -0.2) is 36.1 Å². The first kappa shape index (κ1) is 17.3. The van der Waals surface area contributed by atoms with Gasteiger partial charge in [0, 0.05) is 44.5 Å². The minimum atomic E-state index is -0.212. The second-order valence-corrected chi connectivity index (χ2v) is 5.33. The lowest BCUT2D eigenvalue weighted by atomic mass is 9.95. The van der Waals surface area contributed by atoms with Crippen LogP contribution >= 0.6 is 0 Å². The summed E-state index contributed by atoms with van der Waals surface area (Å²) in [6.07, 6.45) is 3.75. The summed E-state index contributed by atoms with van der Waals surface area (Å²) < 4.78 is 13.0. The van der Waals surface area contributed by atoms with Crippen molar-refractivity contribution in [3.63, 3.8) is 0 Å². The number of hydrogen-bond donors (Lipinski definition) is 1. The van der Waals surface area contributed by atoms with Gasteiger partial charge in [0.15, 0.2) is 0 Å². The van der Waals surface area contributed by atoms with Crippen molar-refractivity contribution in [2.24, 2.45) is 0 Å². The predicted molar refractivity (Wildman–Crippen MR) is 92.4 cm³/mol. The van der Waals surface area contributed by atoms with Gasteiger partial charge in [-0.25, -0.2) is 14.4 Å². The molecule has 1 aliphatic rings. The predicted octanol–water partition coefficient (Wildman–Crippen LogP) is 3.20. The van der Waals surface area contributed by atoms with Crippen LogP contribution in [0.4, 0.5) is 10.3 Å². The molecule has 124 valence electrons. The van der Waals surface area contributed by atoms with E-state index in [1.165, 1.54) is 12.1 Å². The van der Waals surface area contributed by atoms with Gasteiger partial charge in [0.1, 0.15) is 5.82 Å². The van der Waals surface area contributed by atoms with E-state index in [-0.39, 0.29) is 11.7 Å². The minimum absolute atomic E-state index is 0.155. The molecule has 1 aliphatic heterocycles. The second kappa shape index (κ2) is 8.58. The summed E-state index contributed by atoms with van der Waals surface area (Å²) in [5, 5.41) is 3.31. The third-order valence-electron chi connectivity index (χ3n) is 3.93. The summed E-state index contributed by atoms with van der Waals surface area (Å²) in [5.41, 5.74) is 2.11. The van der Waals surface area contributed by atoms with E-state index in [9.17, 15) is 4.39 Å². The first-order valence-electron chi connectivity index (χ1n) is 8.27. The molecule has 0 aliphatic carbocycles. The lowest BCUT2D eigenvalue weighted by molar-refractivity contribution is 0.579. The largest absolute Gasteiger partial charge is 0.338 e. The van der Waals surface area contributed by atoms with E-state index in [1.54, 1.807) is 0 Å². The fourth-order valence-electron chi connectivity index (χ4n) is 2.53. The zero-order chi connectivity index (χ0) is 16.7. The van der Waals surface area contributed by atoms with Crippen molar-refractivity contribution in [3.05, 3.63) is 53.6 Å². The molecule has 0 radical (unpaired) electrons. The van der Waals surface area contributed by atoms with Gasteiger partial charge in [-0.3, -0.25) is 0 Å². The van der Waals surface area contributed by atoms with Crippen LogP contribution in [0, 0.1) is 5.82 Å². The van der Waals surface area contributed by atoms with E-state index in [2.05, 4.69) is 27.1 Å². The summed E-state index contributed by atoms with van der Waals surface area (Å²) in [7, 11) is 0. The molecule has 1 unspecified atom stereocenters. The van der Waals surface area contributed by atoms with Crippen LogP contribution in [0.25, 0.3) is 0 Å². The van der Waals surface area contributed by atoms with Crippen LogP contribution in [-0.2, 0) is 0 Å². The van der Waals surface area contributed by atoms with Gasteiger partial charge in [-0.15, -0.1) is 0 Å². The average molecular weight is 316 g/mol. The third kappa shape index (κ3) is 4.48. The molecule has 1 aromatic heterocycles. The van der Waals surface area contributed by atoms with Gasteiger partial charge < -0.3 is 10.2 Å². The van der Waals surface area contributed by atoms with Gasteiger partial charge in [-0.2, -0.15) is 0 Å². The molecule has 0 amide bonds. The van der Waals surface area contributed by atoms with Gasteiger partial charge in [-0.1, -0.05) is 32.9 Å². The van der Waals surface area contributed by atoms with Crippen molar-refractivity contribution in [1.82, 2.24) is 15.3 Å². The molecular formula is C18H25FN4. The van der Waals surface area contributed by atoms with Crippen molar-refractivity contribution in [1.29, 1.82) is 0 Å². The molecule has 23 heavy (non-hydrogen) atoms. The fourth-order valence-corrected chi connectivity index (χ4v) is 2.53. The molecule has 0 bridgehead atoms. The minimum Gasteiger partial charge on any atom is -0.338 e. The van der Waals surface area contributed by atoms with Crippen molar-refractivity contribution >= 4 is 5.95 Å². The fraction of sp³-hybridized carbons (Fsp3) is 0.444. The Kier molecular flexibility index (Phi) is 6.47. The Morgan fingerprint density at radius 3 is 2.13 bits per heavy atom. The number of nitrogens with one attached hydrogen (secondary N) is 1. The van der Waals surface area contributed by atoms with E-state index in [1.807, 2.05) is 38.4 Å². The van der Waals surface area contributed by atoms with Crippen LogP contribution in [0.1, 0.15) is 37.8 Å². The summed E-state index contributed by atoms with van der Waals surface area (Å²) in [6, 6.07) is 6.60. The van der Waals surface area contributed by atoms with Gasteiger partial charge in [-0.05, 0) is 23.3 Å². The summed E-state index contributed by atoms with van der Waals surface area (Å²) in [6.45, 7) is 9.89. The Morgan fingerprint density at radius 2 is 1.57 bits per heavy atom. The molecular weight excluding hydrogens is 291 g/mol. The highest BCUT2D eigenvalue weighted by Gasteiger charge is 2.14. The van der Waals surface area contributed by atoms with Crippen molar-refractivity contribution in [3.8, 4) is 0 Å². The number of aromatic nitrogens is 2. The molecule has 4 nitrogen and oxygen atoms in total. The lowest BCUT2D eigenvalue weighted by Gasteiger charge is -2.27. The maximum atomic E-state index is 13.0. The Morgan fingerprint density at radius 1 is 1.00 bits per heavy atom. The second-order valence-electron chi connectivity index (χ2n) is 5.33. The maximum absolute atomic E-state index is 13.0. The number of piperazine rings is 1. The molecule has 1 fully saturated rings. The van der Waals surface area contributed by atoms with Crippen LogP contribution < -0.4 is 10.2 Å². The molecule has 1 aromatic carbocycles. The maximum Gasteiger partial charge on any atom is 0.225 e. The van der Waals surface area contributed by atoms with Gasteiger partial charge in [0.25, 0.3) is 0 Å². The molecule has 1 atom stereocenters. The third-order valence-corrected chi connectivity index (χ3v) is 3.93. The standard InChI is InChI=1S/C16H19FN4.C2H6/c1-12(13-2-4-15(17)5-3-13)14-10-19-16(20-11-14)21-8-6-18-7-9-21;1-2/h2-5,10-12,18H,6-9H2,1H3;1-2H3. The molecule has 3 rings (SSSR count). The van der Waals surface area contributed by atoms with Crippen molar-refractivity contribution < 1.29 is 4.39 Å². The highest BCUT2D eigenvalue weighted by atomic mass is 19.1. The number of anilines is 1. The summed E-state index contributed by atoms with van der Waals surface area (Å²) in [4.78, 5) is 11.1. The Balaban J connectivity index is 0.000000924. The van der Waals surface area contributed by atoms with Crippen LogP contribution in [0.5, 0.6) is 0 Å². The van der Waals surface area contributed by atoms with Gasteiger partial charge in [0.05, 0.1) is 0 Å². The van der Waals surface area contributed by atoms with E-state index in [4.69, 9.17) is 0 Å². The number of rotatable bonds is 3. The number of halogens is 1. The van der Waals surface area contributed by atoms with E-state index in [0.717, 1.165) is 43.3 Å². The zero-order valence-corrected chi connectivity index (χ0v) is 14.1. The number of nitrogens with zero attached hydrogens (tertiary/aromatic N) is 3. The molecule has 2 aromatic rings. The number of benzene rings is 1. The normalized spacial score (nSPS) is 15.6. The summed E-state index contributed by atoms with van der Waals surface area (Å²) >= 11 is 0. The van der Waals surface area contributed by atoms with E-state index in [0.29, 0.717) is 0 Å². The molecule has 1 N–H and O–H groups in total. The Labute approximate surface area is 137 Å². The van der Waals surface area contributed by atoms with Crippen molar-refractivity contribution in [2.75, 3.05) is 31.1 Å². The Hall–Kier alpha value is -2.01. The smallest absolute Gasteiger partial charge is 0.225 e. The molecule has 1 saturated heterocycles. The Bertz CT molecular complexity index is 577. The van der Waals surface area contributed by atoms with E-state index < -0.39 is 0 Å². The quantitative estimate of drug-likeness (QED) is 0.944. The lowest BCUT2D eigenvalue weighted by Crippen LogP contribution is -2.44. The first-order valence-corrected chi connectivity index (χ1v) is 8.27. The average Bonchev–Trinajstić information content (AvgIpc) is 2.64. The topological polar surface area (TPSA) is 41.1 Å². The van der Waals surface area contributed by atoms with Crippen molar-refractivity contribution in [2.45, 2.75) is 26.7 Å². The van der Waals surface area contributed by atoms with Crippen LogP contribution in [0.15, 0.2) is 36.7 Å². The molecule has 0 saturated carbocycles. The monoisotopic (exact) mass is 316 g/mol. The number of hydrogen-bond acceptors (Lipinski definition) is 4. The molecule has 0 spiro atoms. The highest BCUT2D eigenvalue weighted by molar-refractivity contribution is 5.34. The molecule has 5 heteroatoms. The van der Waals surface area contributed by atoms with Crippen LogP contribution in [0.3, 0.4) is 0 Å². The SMILES string of the molecule is CC.CC(c1ccc(F)cc1)c1cnc(N2CCNCC2)nc1. The summed E-state index contributed by atoms with van der Waals surface area (Å²) in [5.74, 6) is 0.727. The first-order chi connectivity index (χ1) is 11.2. The van der Waals surface area contributed by atoms with E-state index >= 15 is 0 Å². The van der Waals surface area contributed by atoms with Gasteiger partial charge >= 0.3 is 0 Å².